The predicted octanol–water partition coefficient (Wildman–Crippen LogP) is 3.99. The molecule has 0 saturated heterocycles. The number of halogens is 1. The Morgan fingerprint density at radius 1 is 0.969 bits per heavy atom. The van der Waals surface area contributed by atoms with Crippen LogP contribution in [0.4, 0.5) is 15.8 Å². The van der Waals surface area contributed by atoms with Crippen molar-refractivity contribution in [2.45, 2.75) is 11.8 Å². The van der Waals surface area contributed by atoms with Crippen molar-refractivity contribution in [3.63, 3.8) is 0 Å². The van der Waals surface area contributed by atoms with E-state index in [2.05, 4.69) is 5.32 Å². The van der Waals surface area contributed by atoms with Crippen molar-refractivity contribution in [2.24, 2.45) is 0 Å². The summed E-state index contributed by atoms with van der Waals surface area (Å²) >= 11 is 0. The van der Waals surface area contributed by atoms with Crippen LogP contribution in [0.2, 0.25) is 0 Å². The molecule has 0 saturated carbocycles. The lowest BCUT2D eigenvalue weighted by molar-refractivity contribution is -0.114. The Hall–Kier alpha value is -3.59. The number of carbonyl (C=O) groups is 1. The van der Waals surface area contributed by atoms with E-state index < -0.39 is 28.3 Å². The van der Waals surface area contributed by atoms with Crippen LogP contribution in [0.15, 0.2) is 71.6 Å². The van der Waals surface area contributed by atoms with Crippen LogP contribution in [-0.2, 0) is 14.8 Å². The highest BCUT2D eigenvalue weighted by Crippen LogP contribution is 2.35. The van der Waals surface area contributed by atoms with E-state index in [9.17, 15) is 17.6 Å². The van der Waals surface area contributed by atoms with E-state index in [-0.39, 0.29) is 16.3 Å². The Morgan fingerprint density at radius 2 is 1.62 bits per heavy atom. The normalized spacial score (nSPS) is 11.0. The number of nitrogens with one attached hydrogen (secondary N) is 1. The number of sulfonamides is 1. The maximum absolute atomic E-state index is 13.5. The van der Waals surface area contributed by atoms with E-state index in [1.165, 1.54) is 62.8 Å². The van der Waals surface area contributed by atoms with Crippen molar-refractivity contribution in [3.8, 4) is 11.5 Å². The molecule has 0 fully saturated rings. The van der Waals surface area contributed by atoms with Gasteiger partial charge in [-0.2, -0.15) is 0 Å². The second-order valence-corrected chi connectivity index (χ2v) is 8.78. The number of hydrogen-bond acceptors (Lipinski definition) is 5. The van der Waals surface area contributed by atoms with Gasteiger partial charge < -0.3 is 14.8 Å². The molecule has 32 heavy (non-hydrogen) atoms. The van der Waals surface area contributed by atoms with Gasteiger partial charge in [-0.3, -0.25) is 9.10 Å². The Labute approximate surface area is 186 Å². The first-order valence-electron chi connectivity index (χ1n) is 9.61. The van der Waals surface area contributed by atoms with Crippen LogP contribution in [0.5, 0.6) is 11.5 Å². The van der Waals surface area contributed by atoms with E-state index in [1.807, 2.05) is 6.92 Å². The van der Waals surface area contributed by atoms with Gasteiger partial charge in [-0.15, -0.1) is 0 Å². The molecule has 0 aliphatic rings. The number of anilines is 2. The van der Waals surface area contributed by atoms with Crippen molar-refractivity contribution in [1.82, 2.24) is 0 Å². The highest BCUT2D eigenvalue weighted by molar-refractivity contribution is 7.92. The van der Waals surface area contributed by atoms with Crippen LogP contribution >= 0.6 is 0 Å². The largest absolute Gasteiger partial charge is 0.497 e. The van der Waals surface area contributed by atoms with Crippen molar-refractivity contribution in [2.75, 3.05) is 30.4 Å². The minimum Gasteiger partial charge on any atom is -0.497 e. The molecule has 0 atom stereocenters. The zero-order valence-electron chi connectivity index (χ0n) is 17.8. The molecule has 7 nitrogen and oxygen atoms in total. The number of rotatable bonds is 8. The third kappa shape index (κ3) is 5.17. The van der Waals surface area contributed by atoms with Crippen molar-refractivity contribution in [3.05, 3.63) is 78.1 Å². The fourth-order valence-electron chi connectivity index (χ4n) is 2.99. The fraction of sp³-hybridized carbons (Fsp3) is 0.174. The van der Waals surface area contributed by atoms with Gasteiger partial charge in [0.25, 0.3) is 10.0 Å². The molecule has 0 heterocycles. The van der Waals surface area contributed by atoms with Crippen LogP contribution in [0.3, 0.4) is 0 Å². The first kappa shape index (κ1) is 23.1. The van der Waals surface area contributed by atoms with Crippen LogP contribution in [0.25, 0.3) is 0 Å². The number of aryl methyl sites for hydroxylation is 1. The lowest BCUT2D eigenvalue weighted by Crippen LogP contribution is -2.38. The molecule has 0 radical (unpaired) electrons. The minimum atomic E-state index is -4.13. The summed E-state index contributed by atoms with van der Waals surface area (Å²) in [6.45, 7) is 1.31. The number of hydrogen-bond donors (Lipinski definition) is 1. The van der Waals surface area contributed by atoms with Crippen LogP contribution in [0, 0.1) is 12.7 Å². The summed E-state index contributed by atoms with van der Waals surface area (Å²) in [5, 5.41) is 2.58. The lowest BCUT2D eigenvalue weighted by Gasteiger charge is -2.26. The van der Waals surface area contributed by atoms with Gasteiger partial charge >= 0.3 is 0 Å². The maximum atomic E-state index is 13.5. The van der Waals surface area contributed by atoms with Crippen LogP contribution in [0.1, 0.15) is 5.56 Å². The van der Waals surface area contributed by atoms with Gasteiger partial charge in [0.2, 0.25) is 5.91 Å². The lowest BCUT2D eigenvalue weighted by atomic mass is 10.2. The Balaban J connectivity index is 2.02. The van der Waals surface area contributed by atoms with Crippen LogP contribution < -0.4 is 19.1 Å². The average molecular weight is 459 g/mol. The first-order chi connectivity index (χ1) is 15.2. The first-order valence-corrected chi connectivity index (χ1v) is 11.1. The van der Waals surface area contributed by atoms with Crippen LogP contribution in [-0.4, -0.2) is 35.1 Å². The highest BCUT2D eigenvalue weighted by Gasteiger charge is 2.29. The smallest absolute Gasteiger partial charge is 0.264 e. The topological polar surface area (TPSA) is 84.9 Å². The number of nitrogens with zero attached hydrogens (tertiary/aromatic N) is 1. The zero-order chi connectivity index (χ0) is 23.3. The molecular weight excluding hydrogens is 435 g/mol. The number of amides is 1. The Morgan fingerprint density at radius 3 is 2.22 bits per heavy atom. The van der Waals surface area contributed by atoms with E-state index >= 15 is 0 Å². The fourth-order valence-corrected chi connectivity index (χ4v) is 4.42. The molecule has 9 heteroatoms. The van der Waals surface area contributed by atoms with E-state index in [1.54, 1.807) is 18.2 Å². The molecule has 3 aromatic rings. The molecule has 0 aliphatic carbocycles. The second-order valence-electron chi connectivity index (χ2n) is 6.92. The summed E-state index contributed by atoms with van der Waals surface area (Å²) in [5.74, 6) is -0.372. The summed E-state index contributed by atoms with van der Waals surface area (Å²) in [5.41, 5.74) is 1.40. The van der Waals surface area contributed by atoms with Gasteiger partial charge in [0.15, 0.2) is 0 Å². The Kier molecular flexibility index (Phi) is 6.99. The molecule has 168 valence electrons. The summed E-state index contributed by atoms with van der Waals surface area (Å²) in [6.07, 6.45) is 0. The minimum absolute atomic E-state index is 0.0237. The van der Waals surface area contributed by atoms with Crippen molar-refractivity contribution >= 4 is 27.3 Å². The number of ether oxygens (including phenoxy) is 2. The molecule has 0 spiro atoms. The number of carbonyl (C=O) groups excluding carboxylic acids is 1. The second kappa shape index (κ2) is 9.69. The van der Waals surface area contributed by atoms with Crippen molar-refractivity contribution in [1.29, 1.82) is 0 Å². The standard InChI is InChI=1S/C23H23FN2O5S/c1-16-4-11-20(12-5-16)32(28,29)26(21-13-10-19(30-2)14-22(21)31-3)15-23(27)25-18-8-6-17(24)7-9-18/h4-14H,15H2,1-3H3,(H,25,27). The highest BCUT2D eigenvalue weighted by atomic mass is 32.2. The molecule has 1 amide bonds. The van der Waals surface area contributed by atoms with Crippen molar-refractivity contribution < 1.29 is 27.1 Å². The zero-order valence-corrected chi connectivity index (χ0v) is 18.6. The summed E-state index contributed by atoms with van der Waals surface area (Å²) in [4.78, 5) is 12.8. The summed E-state index contributed by atoms with van der Waals surface area (Å²) < 4.78 is 51.7. The summed E-state index contributed by atoms with van der Waals surface area (Å²) in [7, 11) is -1.25. The number of methoxy groups -OCH3 is 2. The Bertz CT molecular complexity index is 1200. The van der Waals surface area contributed by atoms with E-state index in [0.717, 1.165) is 9.87 Å². The quantitative estimate of drug-likeness (QED) is 0.552. The third-order valence-corrected chi connectivity index (χ3v) is 6.45. The maximum Gasteiger partial charge on any atom is 0.264 e. The molecule has 1 N–H and O–H groups in total. The molecule has 0 aliphatic heterocycles. The third-order valence-electron chi connectivity index (χ3n) is 4.68. The van der Waals surface area contributed by atoms with Gasteiger partial charge in [-0.1, -0.05) is 17.7 Å². The SMILES string of the molecule is COc1ccc(N(CC(=O)Nc2ccc(F)cc2)S(=O)(=O)c2ccc(C)cc2)c(OC)c1. The monoisotopic (exact) mass is 458 g/mol. The van der Waals surface area contributed by atoms with Gasteiger partial charge in [0.1, 0.15) is 23.9 Å². The molecule has 0 aromatic heterocycles. The van der Waals surface area contributed by atoms with Gasteiger partial charge in [-0.25, -0.2) is 12.8 Å². The molecule has 0 unspecified atom stereocenters. The molecule has 3 rings (SSSR count). The van der Waals surface area contributed by atoms with E-state index in [0.29, 0.717) is 11.4 Å². The molecule has 0 bridgehead atoms. The average Bonchev–Trinajstić information content (AvgIpc) is 2.79. The molecular formula is C23H23FN2O5S. The predicted molar refractivity (Wildman–Crippen MR) is 120 cm³/mol. The van der Waals surface area contributed by atoms with Gasteiger partial charge in [0, 0.05) is 11.8 Å². The summed E-state index contributed by atoms with van der Waals surface area (Å²) in [6, 6.07) is 16.1. The molecule has 3 aromatic carbocycles. The van der Waals surface area contributed by atoms with E-state index in [4.69, 9.17) is 9.47 Å². The number of benzene rings is 3. The van der Waals surface area contributed by atoms with Gasteiger partial charge in [0.05, 0.1) is 24.8 Å². The van der Waals surface area contributed by atoms with Gasteiger partial charge in [-0.05, 0) is 55.5 Å².